The molecule has 7 nitrogen and oxygen atoms in total. The molecular formula is C8H11N5O2. The van der Waals surface area contributed by atoms with Crippen LogP contribution < -0.4 is 17.0 Å². The van der Waals surface area contributed by atoms with Gasteiger partial charge in [0.05, 0.1) is 0 Å². The molecule has 0 unspecified atom stereocenters. The Balaban J connectivity index is 2.87. The zero-order valence-corrected chi connectivity index (χ0v) is 8.20. The van der Waals surface area contributed by atoms with E-state index in [-0.39, 0.29) is 17.2 Å². The van der Waals surface area contributed by atoms with E-state index in [1.165, 1.54) is 4.57 Å². The van der Waals surface area contributed by atoms with E-state index in [9.17, 15) is 9.59 Å². The maximum absolute atomic E-state index is 11.5. The van der Waals surface area contributed by atoms with Crippen molar-refractivity contribution in [1.29, 1.82) is 0 Å². The molecule has 2 heterocycles. The second-order valence-electron chi connectivity index (χ2n) is 3.23. The smallest absolute Gasteiger partial charge is 0.327 e. The minimum Gasteiger partial charge on any atom is -0.369 e. The first-order valence-electron chi connectivity index (χ1n) is 4.61. The predicted molar refractivity (Wildman–Crippen MR) is 55.7 cm³/mol. The van der Waals surface area contributed by atoms with Crippen molar-refractivity contribution in [2.45, 2.75) is 19.9 Å². The van der Waals surface area contributed by atoms with Crippen molar-refractivity contribution in [2.24, 2.45) is 0 Å². The van der Waals surface area contributed by atoms with Gasteiger partial charge in [0.15, 0.2) is 11.2 Å². The van der Waals surface area contributed by atoms with E-state index in [2.05, 4.69) is 15.0 Å². The highest BCUT2D eigenvalue weighted by Gasteiger charge is 2.10. The summed E-state index contributed by atoms with van der Waals surface area (Å²) in [6, 6.07) is 0. The summed E-state index contributed by atoms with van der Waals surface area (Å²) in [4.78, 5) is 31.6. The van der Waals surface area contributed by atoms with Gasteiger partial charge in [0.1, 0.15) is 0 Å². The summed E-state index contributed by atoms with van der Waals surface area (Å²) in [7, 11) is 0. The lowest BCUT2D eigenvalue weighted by Gasteiger charge is -1.99. The van der Waals surface area contributed by atoms with E-state index in [0.717, 1.165) is 6.42 Å². The van der Waals surface area contributed by atoms with Crippen molar-refractivity contribution in [2.75, 3.05) is 5.73 Å². The summed E-state index contributed by atoms with van der Waals surface area (Å²) in [6.07, 6.45) is 0.779. The summed E-state index contributed by atoms with van der Waals surface area (Å²) in [5.74, 6) is 0.0105. The third-order valence-corrected chi connectivity index (χ3v) is 2.10. The van der Waals surface area contributed by atoms with Crippen LogP contribution in [0.2, 0.25) is 0 Å². The van der Waals surface area contributed by atoms with Crippen molar-refractivity contribution in [3.05, 3.63) is 20.8 Å². The molecule has 0 atom stereocenters. The highest BCUT2D eigenvalue weighted by molar-refractivity contribution is 5.70. The van der Waals surface area contributed by atoms with Crippen molar-refractivity contribution < 1.29 is 0 Å². The van der Waals surface area contributed by atoms with Gasteiger partial charge in [-0.05, 0) is 6.42 Å². The average Bonchev–Trinajstić information content (AvgIpc) is 2.46. The van der Waals surface area contributed by atoms with Crippen molar-refractivity contribution >= 4 is 17.1 Å². The monoisotopic (exact) mass is 209 g/mol. The van der Waals surface area contributed by atoms with Crippen LogP contribution >= 0.6 is 0 Å². The quantitative estimate of drug-likeness (QED) is 0.613. The zero-order valence-electron chi connectivity index (χ0n) is 8.20. The molecule has 0 saturated carbocycles. The van der Waals surface area contributed by atoms with Gasteiger partial charge >= 0.3 is 5.69 Å². The third-order valence-electron chi connectivity index (χ3n) is 2.10. The lowest BCUT2D eigenvalue weighted by atomic mass is 10.4. The number of nitrogen functional groups attached to an aromatic ring is 1. The highest BCUT2D eigenvalue weighted by Crippen LogP contribution is 2.03. The Labute approximate surface area is 83.9 Å². The molecule has 0 radical (unpaired) electrons. The Morgan fingerprint density at radius 2 is 2.13 bits per heavy atom. The minimum absolute atomic E-state index is 0.0105. The van der Waals surface area contributed by atoms with E-state index in [0.29, 0.717) is 12.2 Å². The first-order valence-corrected chi connectivity index (χ1v) is 4.61. The van der Waals surface area contributed by atoms with Gasteiger partial charge in [-0.25, -0.2) is 4.79 Å². The van der Waals surface area contributed by atoms with E-state index in [1.807, 2.05) is 6.92 Å². The van der Waals surface area contributed by atoms with Gasteiger partial charge in [-0.15, -0.1) is 0 Å². The molecule has 0 aliphatic carbocycles. The number of hydrogen-bond acceptors (Lipinski definition) is 4. The number of imidazole rings is 1. The van der Waals surface area contributed by atoms with Gasteiger partial charge in [-0.2, -0.15) is 4.98 Å². The van der Waals surface area contributed by atoms with Gasteiger partial charge in [-0.3, -0.25) is 19.3 Å². The fourth-order valence-corrected chi connectivity index (χ4v) is 1.49. The first kappa shape index (κ1) is 9.50. The highest BCUT2D eigenvalue weighted by atomic mass is 16.2. The maximum atomic E-state index is 11.5. The molecule has 2 rings (SSSR count). The Morgan fingerprint density at radius 1 is 1.40 bits per heavy atom. The molecule has 0 saturated heterocycles. The largest absolute Gasteiger partial charge is 0.369 e. The second kappa shape index (κ2) is 3.26. The van der Waals surface area contributed by atoms with Gasteiger partial charge in [-0.1, -0.05) is 6.92 Å². The Bertz CT molecular complexity index is 606. The van der Waals surface area contributed by atoms with Crippen LogP contribution in [0.4, 0.5) is 5.95 Å². The van der Waals surface area contributed by atoms with Crippen LogP contribution in [0.25, 0.3) is 11.2 Å². The van der Waals surface area contributed by atoms with Gasteiger partial charge < -0.3 is 5.73 Å². The van der Waals surface area contributed by atoms with Gasteiger partial charge in [0.2, 0.25) is 5.95 Å². The molecule has 0 spiro atoms. The van der Waals surface area contributed by atoms with Gasteiger partial charge in [0, 0.05) is 6.54 Å². The number of aryl methyl sites for hydroxylation is 1. The number of rotatable bonds is 2. The molecule has 0 aromatic carbocycles. The van der Waals surface area contributed by atoms with Crippen LogP contribution in [0.5, 0.6) is 0 Å². The molecule has 0 amide bonds. The van der Waals surface area contributed by atoms with Crippen molar-refractivity contribution in [1.82, 2.24) is 19.5 Å². The number of nitrogens with one attached hydrogen (secondary N) is 2. The molecule has 2 aromatic heterocycles. The van der Waals surface area contributed by atoms with E-state index >= 15 is 0 Å². The fourth-order valence-electron chi connectivity index (χ4n) is 1.49. The maximum Gasteiger partial charge on any atom is 0.327 e. The average molecular weight is 209 g/mol. The Hall–Kier alpha value is -2.05. The van der Waals surface area contributed by atoms with E-state index in [4.69, 9.17) is 5.73 Å². The number of nitrogens with two attached hydrogens (primary N) is 1. The Morgan fingerprint density at radius 3 is 2.80 bits per heavy atom. The molecule has 0 aliphatic heterocycles. The standard InChI is InChI=1S/C8H11N5O2/c1-2-3-13-5-4(10-8(13)15)6(14)12-7(9)11-5/h2-3H2,1H3,(H,10,15)(H3,9,11,12,14). The second-order valence-corrected chi connectivity index (χ2v) is 3.23. The number of hydrogen-bond donors (Lipinski definition) is 3. The number of aromatic amines is 2. The molecular weight excluding hydrogens is 198 g/mol. The SMILES string of the molecule is CCCn1c(=O)[nH]c2c(=O)[nH]c(N)nc21. The molecule has 80 valence electrons. The molecule has 0 aliphatic rings. The number of H-pyrrole nitrogens is 2. The lowest BCUT2D eigenvalue weighted by Crippen LogP contribution is -2.16. The van der Waals surface area contributed by atoms with E-state index in [1.54, 1.807) is 0 Å². The van der Waals surface area contributed by atoms with Crippen LogP contribution in [0.1, 0.15) is 13.3 Å². The van der Waals surface area contributed by atoms with E-state index < -0.39 is 5.56 Å². The van der Waals surface area contributed by atoms with Crippen LogP contribution in [-0.2, 0) is 6.54 Å². The minimum atomic E-state index is -0.426. The number of fused-ring (bicyclic) bond motifs is 1. The predicted octanol–water partition coefficient (Wildman–Crippen LogP) is -0.595. The zero-order chi connectivity index (χ0) is 11.0. The van der Waals surface area contributed by atoms with Crippen LogP contribution in [-0.4, -0.2) is 19.5 Å². The molecule has 0 fully saturated rings. The molecule has 15 heavy (non-hydrogen) atoms. The van der Waals surface area contributed by atoms with Crippen LogP contribution in [0.15, 0.2) is 9.59 Å². The molecule has 4 N–H and O–H groups in total. The first-order chi connectivity index (χ1) is 7.13. The Kier molecular flexibility index (Phi) is 2.07. The van der Waals surface area contributed by atoms with Gasteiger partial charge in [0.25, 0.3) is 5.56 Å². The topological polar surface area (TPSA) is 110 Å². The summed E-state index contributed by atoms with van der Waals surface area (Å²) in [6.45, 7) is 2.44. The summed E-state index contributed by atoms with van der Waals surface area (Å²) >= 11 is 0. The summed E-state index contributed by atoms with van der Waals surface area (Å²) in [5, 5.41) is 0. The summed E-state index contributed by atoms with van der Waals surface area (Å²) < 4.78 is 1.40. The molecule has 0 bridgehead atoms. The normalized spacial score (nSPS) is 11.0. The lowest BCUT2D eigenvalue weighted by molar-refractivity contribution is 0.669. The number of aromatic nitrogens is 4. The fraction of sp³-hybridized carbons (Fsp3) is 0.375. The van der Waals surface area contributed by atoms with Crippen LogP contribution in [0.3, 0.4) is 0 Å². The number of anilines is 1. The van der Waals surface area contributed by atoms with Crippen molar-refractivity contribution in [3.8, 4) is 0 Å². The van der Waals surface area contributed by atoms with Crippen LogP contribution in [0, 0.1) is 0 Å². The summed E-state index contributed by atoms with van der Waals surface area (Å²) in [5.41, 5.74) is 5.12. The number of nitrogens with zero attached hydrogens (tertiary/aromatic N) is 2. The third kappa shape index (κ3) is 1.41. The molecule has 7 heteroatoms. The molecule has 2 aromatic rings. The van der Waals surface area contributed by atoms with Crippen molar-refractivity contribution in [3.63, 3.8) is 0 Å².